The van der Waals surface area contributed by atoms with E-state index in [4.69, 9.17) is 9.47 Å². The van der Waals surface area contributed by atoms with Gasteiger partial charge in [0.1, 0.15) is 6.61 Å². The highest BCUT2D eigenvalue weighted by molar-refractivity contribution is 5.85. The molecule has 1 fully saturated rings. The Morgan fingerprint density at radius 3 is 2.71 bits per heavy atom. The molecule has 0 saturated heterocycles. The van der Waals surface area contributed by atoms with Crippen LogP contribution in [0.5, 0.6) is 11.5 Å². The summed E-state index contributed by atoms with van der Waals surface area (Å²) in [5.41, 5.74) is 6.07. The zero-order chi connectivity index (χ0) is 19.5. The molecule has 1 amide bonds. The van der Waals surface area contributed by atoms with Gasteiger partial charge in [-0.15, -0.1) is 0 Å². The van der Waals surface area contributed by atoms with Crippen LogP contribution in [0.15, 0.2) is 35.4 Å². The molecule has 1 atom stereocenters. The van der Waals surface area contributed by atoms with E-state index in [0.717, 1.165) is 5.56 Å². The van der Waals surface area contributed by atoms with E-state index in [2.05, 4.69) is 35.0 Å². The molecule has 1 N–H and O–H groups in total. The van der Waals surface area contributed by atoms with Crippen molar-refractivity contribution in [2.45, 2.75) is 58.1 Å². The molecule has 1 aliphatic carbocycles. The minimum Gasteiger partial charge on any atom is -0.485 e. The van der Waals surface area contributed by atoms with Crippen LogP contribution in [0, 0.1) is 13.8 Å². The summed E-state index contributed by atoms with van der Waals surface area (Å²) in [6.45, 7) is 4.44. The van der Waals surface area contributed by atoms with Crippen molar-refractivity contribution < 1.29 is 14.3 Å². The van der Waals surface area contributed by atoms with Gasteiger partial charge >= 0.3 is 0 Å². The van der Waals surface area contributed by atoms with Gasteiger partial charge in [-0.2, -0.15) is 5.10 Å². The Labute approximate surface area is 165 Å². The molecule has 2 aromatic rings. The second-order valence-electron chi connectivity index (χ2n) is 7.59. The van der Waals surface area contributed by atoms with Gasteiger partial charge in [0, 0.05) is 23.0 Å². The quantitative estimate of drug-likeness (QED) is 0.645. The summed E-state index contributed by atoms with van der Waals surface area (Å²) in [4.78, 5) is 12.4. The second-order valence-corrected chi connectivity index (χ2v) is 7.59. The fourth-order valence-corrected chi connectivity index (χ4v) is 4.22. The van der Waals surface area contributed by atoms with Gasteiger partial charge in [0.15, 0.2) is 11.5 Å². The van der Waals surface area contributed by atoms with Gasteiger partial charge in [-0.3, -0.25) is 4.79 Å². The number of benzene rings is 1. The molecular formula is C22H27N3O3. The number of aromatic nitrogens is 1. The van der Waals surface area contributed by atoms with Crippen LogP contribution < -0.4 is 14.9 Å². The predicted molar refractivity (Wildman–Crippen MR) is 108 cm³/mol. The number of fused-ring (bicyclic) bond motifs is 1. The SMILES string of the molecule is Cc1cc(/C=N\NC(=O)[C@@H]2COc3ccccc3O2)c(C)n1C1CCCCC1. The van der Waals surface area contributed by atoms with Gasteiger partial charge in [0.05, 0.1) is 6.21 Å². The van der Waals surface area contributed by atoms with Crippen LogP contribution in [-0.2, 0) is 4.79 Å². The van der Waals surface area contributed by atoms with Crippen molar-refractivity contribution in [2.75, 3.05) is 6.61 Å². The molecule has 1 aromatic heterocycles. The Morgan fingerprint density at radius 1 is 1.18 bits per heavy atom. The van der Waals surface area contributed by atoms with Gasteiger partial charge in [-0.25, -0.2) is 5.43 Å². The summed E-state index contributed by atoms with van der Waals surface area (Å²) in [5, 5.41) is 4.16. The largest absolute Gasteiger partial charge is 0.485 e. The van der Waals surface area contributed by atoms with Crippen molar-refractivity contribution in [3.8, 4) is 11.5 Å². The smallest absolute Gasteiger partial charge is 0.284 e. The number of para-hydroxylation sites is 2. The fourth-order valence-electron chi connectivity index (χ4n) is 4.22. The first-order chi connectivity index (χ1) is 13.6. The van der Waals surface area contributed by atoms with Crippen molar-refractivity contribution in [1.82, 2.24) is 9.99 Å². The van der Waals surface area contributed by atoms with E-state index in [1.54, 1.807) is 12.3 Å². The number of ether oxygens (including phenoxy) is 2. The normalized spacial score (nSPS) is 19.7. The third-order valence-electron chi connectivity index (χ3n) is 5.64. The van der Waals surface area contributed by atoms with Crippen molar-refractivity contribution in [1.29, 1.82) is 0 Å². The first-order valence-corrected chi connectivity index (χ1v) is 10.0. The molecule has 2 heterocycles. The zero-order valence-corrected chi connectivity index (χ0v) is 16.5. The van der Waals surface area contributed by atoms with Gasteiger partial charge in [0.25, 0.3) is 5.91 Å². The molecule has 0 spiro atoms. The van der Waals surface area contributed by atoms with Crippen LogP contribution >= 0.6 is 0 Å². The first kappa shape index (κ1) is 18.6. The van der Waals surface area contributed by atoms with Crippen LogP contribution in [0.25, 0.3) is 0 Å². The maximum absolute atomic E-state index is 12.4. The van der Waals surface area contributed by atoms with Gasteiger partial charge in [-0.1, -0.05) is 31.4 Å². The van der Waals surface area contributed by atoms with Crippen LogP contribution in [0.1, 0.15) is 55.1 Å². The lowest BCUT2D eigenvalue weighted by Crippen LogP contribution is -2.42. The average molecular weight is 381 g/mol. The van der Waals surface area contributed by atoms with Gasteiger partial charge < -0.3 is 14.0 Å². The topological polar surface area (TPSA) is 64.8 Å². The zero-order valence-electron chi connectivity index (χ0n) is 16.5. The maximum atomic E-state index is 12.4. The molecule has 1 saturated carbocycles. The Bertz CT molecular complexity index is 881. The van der Waals surface area contributed by atoms with E-state index < -0.39 is 6.10 Å². The lowest BCUT2D eigenvalue weighted by molar-refractivity contribution is -0.130. The Balaban J connectivity index is 1.39. The maximum Gasteiger partial charge on any atom is 0.284 e. The lowest BCUT2D eigenvalue weighted by atomic mass is 9.95. The minimum atomic E-state index is -0.707. The number of carbonyl (C=O) groups is 1. The Kier molecular flexibility index (Phi) is 5.37. The number of hydrogen-bond acceptors (Lipinski definition) is 4. The molecule has 4 rings (SSSR count). The molecule has 6 heteroatoms. The van der Waals surface area contributed by atoms with Gasteiger partial charge in [-0.05, 0) is 44.9 Å². The molecular weight excluding hydrogens is 354 g/mol. The third-order valence-corrected chi connectivity index (χ3v) is 5.64. The van der Waals surface area contributed by atoms with E-state index >= 15 is 0 Å². The number of rotatable bonds is 4. The number of hydrogen-bond donors (Lipinski definition) is 1. The van der Waals surface area contributed by atoms with Crippen molar-refractivity contribution in [3.05, 3.63) is 47.3 Å². The number of nitrogens with zero attached hydrogens (tertiary/aromatic N) is 2. The second kappa shape index (κ2) is 8.09. The molecule has 2 aliphatic rings. The summed E-state index contributed by atoms with van der Waals surface area (Å²) in [7, 11) is 0. The summed E-state index contributed by atoms with van der Waals surface area (Å²) in [6, 6.07) is 10.1. The third kappa shape index (κ3) is 3.77. The summed E-state index contributed by atoms with van der Waals surface area (Å²) in [6.07, 6.45) is 7.43. The van der Waals surface area contributed by atoms with E-state index in [-0.39, 0.29) is 12.5 Å². The lowest BCUT2D eigenvalue weighted by Gasteiger charge is -2.26. The molecule has 0 bridgehead atoms. The van der Waals surface area contributed by atoms with E-state index in [1.807, 2.05) is 18.2 Å². The number of aryl methyl sites for hydroxylation is 1. The van der Waals surface area contributed by atoms with Crippen LogP contribution in [0.2, 0.25) is 0 Å². The van der Waals surface area contributed by atoms with Gasteiger partial charge in [0.2, 0.25) is 6.10 Å². The highest BCUT2D eigenvalue weighted by Gasteiger charge is 2.27. The summed E-state index contributed by atoms with van der Waals surface area (Å²) in [5.74, 6) is 0.922. The molecule has 148 valence electrons. The molecule has 0 unspecified atom stereocenters. The first-order valence-electron chi connectivity index (χ1n) is 10.0. The number of amides is 1. The van der Waals surface area contributed by atoms with Crippen LogP contribution in [0.4, 0.5) is 0 Å². The molecule has 6 nitrogen and oxygen atoms in total. The van der Waals surface area contributed by atoms with Crippen molar-refractivity contribution in [2.24, 2.45) is 5.10 Å². The molecule has 1 aliphatic heterocycles. The number of carbonyl (C=O) groups excluding carboxylic acids is 1. The highest BCUT2D eigenvalue weighted by atomic mass is 16.6. The molecule has 1 aromatic carbocycles. The van der Waals surface area contributed by atoms with Crippen molar-refractivity contribution >= 4 is 12.1 Å². The van der Waals surface area contributed by atoms with Crippen molar-refractivity contribution in [3.63, 3.8) is 0 Å². The highest BCUT2D eigenvalue weighted by Crippen LogP contribution is 2.32. The molecule has 0 radical (unpaired) electrons. The summed E-state index contributed by atoms with van der Waals surface area (Å²) >= 11 is 0. The monoisotopic (exact) mass is 381 g/mol. The fraction of sp³-hybridized carbons (Fsp3) is 0.455. The Morgan fingerprint density at radius 2 is 1.93 bits per heavy atom. The predicted octanol–water partition coefficient (Wildman–Crippen LogP) is 3.90. The Hall–Kier alpha value is -2.76. The van der Waals surface area contributed by atoms with E-state index in [1.165, 1.54) is 43.5 Å². The summed E-state index contributed by atoms with van der Waals surface area (Å²) < 4.78 is 13.7. The molecule has 28 heavy (non-hydrogen) atoms. The van der Waals surface area contributed by atoms with E-state index in [9.17, 15) is 4.79 Å². The van der Waals surface area contributed by atoms with Crippen LogP contribution in [0.3, 0.4) is 0 Å². The van der Waals surface area contributed by atoms with Crippen LogP contribution in [-0.4, -0.2) is 29.4 Å². The van der Waals surface area contributed by atoms with E-state index in [0.29, 0.717) is 17.5 Å². The number of nitrogens with one attached hydrogen (secondary N) is 1. The number of hydrazone groups is 1. The minimum absolute atomic E-state index is 0.175. The average Bonchev–Trinajstić information content (AvgIpc) is 3.01. The standard InChI is InChI=1S/C22H27N3O3/c1-15-12-17(16(2)25(15)18-8-4-3-5-9-18)13-23-24-22(26)21-14-27-19-10-6-7-11-20(19)28-21/h6-7,10-13,18,21H,3-5,8-9,14H2,1-2H3,(H,24,26)/b23-13-/t21-/m0/s1.